The minimum Gasteiger partial charge on any atom is -0.380 e. The van der Waals surface area contributed by atoms with Gasteiger partial charge in [-0.15, -0.1) is 11.3 Å². The number of hydrogen-bond acceptors (Lipinski definition) is 2. The molecule has 1 heterocycles. The Labute approximate surface area is 118 Å². The summed E-state index contributed by atoms with van der Waals surface area (Å²) < 4.78 is 0.849. The lowest BCUT2D eigenvalue weighted by atomic mass is 10.1. The van der Waals surface area contributed by atoms with Crippen LogP contribution in [0.3, 0.4) is 0 Å². The predicted octanol–water partition coefficient (Wildman–Crippen LogP) is 5.36. The molecule has 0 spiro atoms. The van der Waals surface area contributed by atoms with Crippen LogP contribution in [0.15, 0.2) is 36.4 Å². The van der Waals surface area contributed by atoms with E-state index >= 15 is 0 Å². The molecule has 0 aliphatic heterocycles. The molecule has 1 aromatic heterocycles. The third-order valence-corrected chi connectivity index (χ3v) is 4.10. The predicted molar refractivity (Wildman–Crippen MR) is 81.7 cm³/mol. The molecule has 2 aromatic rings. The third kappa shape index (κ3) is 4.04. The fraction of sp³-hybridized carbons (Fsp3) is 0.333. The number of hydrogen-bond donors (Lipinski definition) is 1. The van der Waals surface area contributed by atoms with E-state index < -0.39 is 0 Å². The largest absolute Gasteiger partial charge is 0.380 e. The van der Waals surface area contributed by atoms with Gasteiger partial charge in [0.1, 0.15) is 0 Å². The SMILES string of the molecule is CCCCc1ccc(NCc2ccc(Cl)s2)cc1. The van der Waals surface area contributed by atoms with Crippen LogP contribution in [0, 0.1) is 0 Å². The van der Waals surface area contributed by atoms with Gasteiger partial charge in [0.25, 0.3) is 0 Å². The van der Waals surface area contributed by atoms with E-state index in [2.05, 4.69) is 42.6 Å². The van der Waals surface area contributed by atoms with Crippen molar-refractivity contribution < 1.29 is 0 Å². The Morgan fingerprint density at radius 2 is 1.89 bits per heavy atom. The lowest BCUT2D eigenvalue weighted by molar-refractivity contribution is 0.795. The first kappa shape index (κ1) is 13.4. The number of nitrogens with one attached hydrogen (secondary N) is 1. The lowest BCUT2D eigenvalue weighted by Crippen LogP contribution is -1.97. The molecule has 0 saturated carbocycles. The fourth-order valence-electron chi connectivity index (χ4n) is 1.81. The Hall–Kier alpha value is -0.990. The average Bonchev–Trinajstić information content (AvgIpc) is 2.81. The van der Waals surface area contributed by atoms with Crippen LogP contribution in [-0.4, -0.2) is 0 Å². The van der Waals surface area contributed by atoms with Crippen LogP contribution >= 0.6 is 22.9 Å². The Kier molecular flexibility index (Phi) is 5.09. The molecule has 0 fully saturated rings. The van der Waals surface area contributed by atoms with Crippen LogP contribution in [0.5, 0.6) is 0 Å². The zero-order valence-corrected chi connectivity index (χ0v) is 12.2. The molecule has 1 N–H and O–H groups in total. The number of unbranched alkanes of at least 4 members (excludes halogenated alkanes) is 1. The van der Waals surface area contributed by atoms with Gasteiger partial charge in [-0.3, -0.25) is 0 Å². The normalized spacial score (nSPS) is 10.6. The van der Waals surface area contributed by atoms with Gasteiger partial charge >= 0.3 is 0 Å². The lowest BCUT2D eigenvalue weighted by Gasteiger charge is -2.06. The molecule has 2 rings (SSSR count). The monoisotopic (exact) mass is 279 g/mol. The van der Waals surface area contributed by atoms with Gasteiger partial charge in [0, 0.05) is 17.1 Å². The molecule has 0 aliphatic carbocycles. The average molecular weight is 280 g/mol. The molecular weight excluding hydrogens is 262 g/mol. The summed E-state index contributed by atoms with van der Waals surface area (Å²) >= 11 is 7.53. The summed E-state index contributed by atoms with van der Waals surface area (Å²) in [5, 5.41) is 3.41. The van der Waals surface area contributed by atoms with E-state index in [4.69, 9.17) is 11.6 Å². The van der Waals surface area contributed by atoms with Crippen molar-refractivity contribution in [1.29, 1.82) is 0 Å². The molecule has 0 amide bonds. The highest BCUT2D eigenvalue weighted by atomic mass is 35.5. The van der Waals surface area contributed by atoms with E-state index in [1.807, 2.05) is 6.07 Å². The Bertz CT molecular complexity index is 475. The van der Waals surface area contributed by atoms with Crippen LogP contribution in [-0.2, 0) is 13.0 Å². The maximum atomic E-state index is 5.90. The van der Waals surface area contributed by atoms with Crippen molar-refractivity contribution in [2.45, 2.75) is 32.7 Å². The van der Waals surface area contributed by atoms with E-state index in [-0.39, 0.29) is 0 Å². The second-order valence-electron chi connectivity index (χ2n) is 4.36. The molecule has 96 valence electrons. The molecular formula is C15H18ClNS. The van der Waals surface area contributed by atoms with Crippen LogP contribution in [0.1, 0.15) is 30.2 Å². The number of thiophene rings is 1. The molecule has 1 nitrogen and oxygen atoms in total. The quantitative estimate of drug-likeness (QED) is 0.751. The van der Waals surface area contributed by atoms with Crippen molar-refractivity contribution in [2.75, 3.05) is 5.32 Å². The standard InChI is InChI=1S/C15H18ClNS/c1-2-3-4-12-5-7-13(8-6-12)17-11-14-9-10-15(16)18-14/h5-10,17H,2-4,11H2,1H3. The Morgan fingerprint density at radius 1 is 1.11 bits per heavy atom. The minimum atomic E-state index is 0.839. The van der Waals surface area contributed by atoms with Crippen molar-refractivity contribution in [3.63, 3.8) is 0 Å². The number of rotatable bonds is 6. The Balaban J connectivity index is 1.86. The third-order valence-electron chi connectivity index (χ3n) is 2.87. The van der Waals surface area contributed by atoms with Gasteiger partial charge in [-0.2, -0.15) is 0 Å². The van der Waals surface area contributed by atoms with Crippen molar-refractivity contribution in [3.05, 3.63) is 51.2 Å². The van der Waals surface area contributed by atoms with Crippen molar-refractivity contribution in [1.82, 2.24) is 0 Å². The number of anilines is 1. The van der Waals surface area contributed by atoms with E-state index in [0.717, 1.165) is 10.9 Å². The second-order valence-corrected chi connectivity index (χ2v) is 6.16. The maximum absolute atomic E-state index is 5.90. The second kappa shape index (κ2) is 6.81. The smallest absolute Gasteiger partial charge is 0.0931 e. The van der Waals surface area contributed by atoms with Gasteiger partial charge in [0.05, 0.1) is 4.34 Å². The highest BCUT2D eigenvalue weighted by molar-refractivity contribution is 7.16. The zero-order valence-electron chi connectivity index (χ0n) is 10.6. The molecule has 3 heteroatoms. The fourth-order valence-corrected chi connectivity index (χ4v) is 2.83. The summed E-state index contributed by atoms with van der Waals surface area (Å²) in [4.78, 5) is 1.26. The molecule has 0 radical (unpaired) electrons. The molecule has 0 unspecified atom stereocenters. The van der Waals surface area contributed by atoms with Gasteiger partial charge < -0.3 is 5.32 Å². The first-order valence-corrected chi connectivity index (χ1v) is 7.54. The summed E-state index contributed by atoms with van der Waals surface area (Å²) in [6, 6.07) is 12.7. The Morgan fingerprint density at radius 3 is 2.50 bits per heavy atom. The summed E-state index contributed by atoms with van der Waals surface area (Å²) in [6.07, 6.45) is 3.69. The topological polar surface area (TPSA) is 12.0 Å². The van der Waals surface area contributed by atoms with E-state index in [1.165, 1.54) is 35.4 Å². The summed E-state index contributed by atoms with van der Waals surface area (Å²) in [5.41, 5.74) is 2.58. The van der Waals surface area contributed by atoms with E-state index in [1.54, 1.807) is 11.3 Å². The van der Waals surface area contributed by atoms with E-state index in [9.17, 15) is 0 Å². The van der Waals surface area contributed by atoms with Crippen molar-refractivity contribution in [2.24, 2.45) is 0 Å². The summed E-state index contributed by atoms with van der Waals surface area (Å²) in [7, 11) is 0. The first-order valence-electron chi connectivity index (χ1n) is 6.35. The van der Waals surface area contributed by atoms with Crippen LogP contribution in [0.25, 0.3) is 0 Å². The maximum Gasteiger partial charge on any atom is 0.0931 e. The molecule has 1 aromatic carbocycles. The number of benzene rings is 1. The van der Waals surface area contributed by atoms with Crippen LogP contribution in [0.4, 0.5) is 5.69 Å². The van der Waals surface area contributed by atoms with Gasteiger partial charge in [-0.05, 0) is 42.7 Å². The van der Waals surface area contributed by atoms with Gasteiger partial charge in [0.2, 0.25) is 0 Å². The summed E-state index contributed by atoms with van der Waals surface area (Å²) in [5.74, 6) is 0. The molecule has 0 bridgehead atoms. The van der Waals surface area contributed by atoms with Gasteiger partial charge in [-0.1, -0.05) is 37.1 Å². The highest BCUT2D eigenvalue weighted by Crippen LogP contribution is 2.22. The van der Waals surface area contributed by atoms with Crippen molar-refractivity contribution in [3.8, 4) is 0 Å². The molecule has 0 aliphatic rings. The van der Waals surface area contributed by atoms with Crippen molar-refractivity contribution >= 4 is 28.6 Å². The van der Waals surface area contributed by atoms with Crippen LogP contribution < -0.4 is 5.32 Å². The molecule has 18 heavy (non-hydrogen) atoms. The van der Waals surface area contributed by atoms with E-state index in [0.29, 0.717) is 0 Å². The van der Waals surface area contributed by atoms with Gasteiger partial charge in [-0.25, -0.2) is 0 Å². The molecule has 0 atom stereocenters. The number of aryl methyl sites for hydroxylation is 1. The molecule has 0 saturated heterocycles. The summed E-state index contributed by atoms with van der Waals surface area (Å²) in [6.45, 7) is 3.06. The highest BCUT2D eigenvalue weighted by Gasteiger charge is 1.98. The number of halogens is 1. The minimum absolute atomic E-state index is 0.839. The van der Waals surface area contributed by atoms with Gasteiger partial charge in [0.15, 0.2) is 0 Å². The van der Waals surface area contributed by atoms with Crippen LogP contribution in [0.2, 0.25) is 4.34 Å². The zero-order chi connectivity index (χ0) is 12.8. The first-order chi connectivity index (χ1) is 8.78.